The lowest BCUT2D eigenvalue weighted by molar-refractivity contribution is 0.0508. The minimum atomic E-state index is -0.499. The van der Waals surface area contributed by atoms with E-state index in [0.717, 1.165) is 18.3 Å². The van der Waals surface area contributed by atoms with E-state index in [4.69, 9.17) is 9.26 Å². The topological polar surface area (TPSA) is 65.2 Å². The van der Waals surface area contributed by atoms with Crippen molar-refractivity contribution in [1.82, 2.24) is 10.1 Å². The van der Waals surface area contributed by atoms with Crippen LogP contribution in [0.1, 0.15) is 48.6 Å². The zero-order valence-electron chi connectivity index (χ0n) is 9.18. The molecular weight excluding hydrogens is 208 g/mol. The van der Waals surface area contributed by atoms with Crippen LogP contribution in [0.3, 0.4) is 0 Å². The van der Waals surface area contributed by atoms with Crippen molar-refractivity contribution in [3.63, 3.8) is 0 Å². The molecule has 0 aliphatic heterocycles. The van der Waals surface area contributed by atoms with Gasteiger partial charge in [0.15, 0.2) is 0 Å². The van der Waals surface area contributed by atoms with Crippen LogP contribution >= 0.6 is 0 Å². The molecule has 0 radical (unpaired) electrons. The average molecular weight is 222 g/mol. The lowest BCUT2D eigenvalue weighted by Crippen LogP contribution is -2.06. The van der Waals surface area contributed by atoms with Gasteiger partial charge in [-0.25, -0.2) is 4.79 Å². The number of carbonyl (C=O) groups is 1. The Balaban J connectivity index is 1.66. The second-order valence-electron chi connectivity index (χ2n) is 4.52. The highest BCUT2D eigenvalue weighted by Gasteiger charge is 2.51. The molecule has 2 fully saturated rings. The van der Waals surface area contributed by atoms with Gasteiger partial charge in [0, 0.05) is 5.92 Å². The maximum absolute atomic E-state index is 11.3. The third kappa shape index (κ3) is 1.70. The minimum Gasteiger partial charge on any atom is -0.460 e. The summed E-state index contributed by atoms with van der Waals surface area (Å²) in [5.74, 6) is 2.14. The number of nitrogens with zero attached hydrogens (tertiary/aromatic N) is 2. The zero-order chi connectivity index (χ0) is 11.1. The SMILES string of the molecule is CCOC(=O)c1noc(C2CC2C2CC2)n1. The average Bonchev–Trinajstić information content (AvgIpc) is 3.15. The van der Waals surface area contributed by atoms with Crippen molar-refractivity contribution in [2.45, 2.75) is 32.1 Å². The fourth-order valence-corrected chi connectivity index (χ4v) is 2.21. The summed E-state index contributed by atoms with van der Waals surface area (Å²) in [5, 5.41) is 3.65. The number of esters is 1. The van der Waals surface area contributed by atoms with E-state index in [1.54, 1.807) is 6.92 Å². The van der Waals surface area contributed by atoms with E-state index in [1.807, 2.05) is 0 Å². The van der Waals surface area contributed by atoms with Crippen molar-refractivity contribution in [3.05, 3.63) is 11.7 Å². The highest BCUT2D eigenvalue weighted by Crippen LogP contribution is 2.58. The molecule has 2 aliphatic carbocycles. The van der Waals surface area contributed by atoms with Crippen LogP contribution in [-0.2, 0) is 4.74 Å². The Morgan fingerprint density at radius 1 is 1.56 bits per heavy atom. The predicted octanol–water partition coefficient (Wildman–Crippen LogP) is 1.76. The van der Waals surface area contributed by atoms with Crippen LogP contribution in [0.2, 0.25) is 0 Å². The van der Waals surface area contributed by atoms with E-state index in [-0.39, 0.29) is 5.82 Å². The summed E-state index contributed by atoms with van der Waals surface area (Å²) in [6, 6.07) is 0. The summed E-state index contributed by atoms with van der Waals surface area (Å²) >= 11 is 0. The van der Waals surface area contributed by atoms with Gasteiger partial charge in [0.25, 0.3) is 5.82 Å². The molecule has 2 atom stereocenters. The first kappa shape index (κ1) is 9.81. The molecule has 1 aromatic rings. The smallest absolute Gasteiger partial charge is 0.379 e. The van der Waals surface area contributed by atoms with Crippen LogP contribution in [0.25, 0.3) is 0 Å². The maximum atomic E-state index is 11.3. The fourth-order valence-electron chi connectivity index (χ4n) is 2.21. The van der Waals surface area contributed by atoms with Gasteiger partial charge in [0.2, 0.25) is 5.89 Å². The third-order valence-electron chi connectivity index (χ3n) is 3.28. The normalized spacial score (nSPS) is 27.8. The Kier molecular flexibility index (Phi) is 2.19. The highest BCUT2D eigenvalue weighted by molar-refractivity contribution is 5.84. The van der Waals surface area contributed by atoms with E-state index in [0.29, 0.717) is 18.4 Å². The number of ether oxygens (including phenoxy) is 1. The van der Waals surface area contributed by atoms with Gasteiger partial charge in [0.1, 0.15) is 0 Å². The molecule has 0 amide bonds. The largest absolute Gasteiger partial charge is 0.460 e. The molecule has 86 valence electrons. The first-order valence-electron chi connectivity index (χ1n) is 5.80. The van der Waals surface area contributed by atoms with Gasteiger partial charge in [-0.1, -0.05) is 0 Å². The number of carbonyl (C=O) groups excluding carboxylic acids is 1. The predicted molar refractivity (Wildman–Crippen MR) is 53.8 cm³/mol. The molecular formula is C11H14N2O3. The summed E-state index contributed by atoms with van der Waals surface area (Å²) in [6.07, 6.45) is 3.80. The molecule has 0 spiro atoms. The zero-order valence-corrected chi connectivity index (χ0v) is 9.18. The van der Waals surface area contributed by atoms with Crippen LogP contribution in [0.5, 0.6) is 0 Å². The van der Waals surface area contributed by atoms with Gasteiger partial charge in [0.05, 0.1) is 6.61 Å². The molecule has 0 bridgehead atoms. The quantitative estimate of drug-likeness (QED) is 0.726. The van der Waals surface area contributed by atoms with E-state index in [9.17, 15) is 4.79 Å². The molecule has 0 saturated heterocycles. The second kappa shape index (κ2) is 3.57. The lowest BCUT2D eigenvalue weighted by atomic mass is 10.2. The van der Waals surface area contributed by atoms with E-state index in [1.165, 1.54) is 12.8 Å². The Hall–Kier alpha value is -1.39. The van der Waals surface area contributed by atoms with Crippen molar-refractivity contribution in [2.75, 3.05) is 6.61 Å². The molecule has 5 heteroatoms. The molecule has 1 aromatic heterocycles. The van der Waals surface area contributed by atoms with E-state index >= 15 is 0 Å². The van der Waals surface area contributed by atoms with Crippen molar-refractivity contribution in [1.29, 1.82) is 0 Å². The summed E-state index contributed by atoms with van der Waals surface area (Å²) in [5.41, 5.74) is 0. The molecule has 3 rings (SSSR count). The number of rotatable bonds is 4. The second-order valence-corrected chi connectivity index (χ2v) is 4.52. The first-order valence-corrected chi connectivity index (χ1v) is 5.80. The Morgan fingerprint density at radius 3 is 3.06 bits per heavy atom. The molecule has 0 N–H and O–H groups in total. The molecule has 0 aromatic carbocycles. The minimum absolute atomic E-state index is 0.0540. The number of aromatic nitrogens is 2. The Morgan fingerprint density at radius 2 is 2.38 bits per heavy atom. The van der Waals surface area contributed by atoms with Gasteiger partial charge in [-0.3, -0.25) is 0 Å². The highest BCUT2D eigenvalue weighted by atomic mass is 16.5. The monoisotopic (exact) mass is 222 g/mol. The van der Waals surface area contributed by atoms with Gasteiger partial charge < -0.3 is 9.26 Å². The number of hydrogen-bond donors (Lipinski definition) is 0. The van der Waals surface area contributed by atoms with Gasteiger partial charge >= 0.3 is 5.97 Å². The molecule has 1 heterocycles. The summed E-state index contributed by atoms with van der Waals surface area (Å²) in [6.45, 7) is 2.08. The summed E-state index contributed by atoms with van der Waals surface area (Å²) in [7, 11) is 0. The van der Waals surface area contributed by atoms with Gasteiger partial charge in [-0.15, -0.1) is 0 Å². The van der Waals surface area contributed by atoms with Crippen LogP contribution in [0, 0.1) is 11.8 Å². The van der Waals surface area contributed by atoms with Crippen LogP contribution in [-0.4, -0.2) is 22.7 Å². The first-order chi connectivity index (χ1) is 7.79. The Bertz CT molecular complexity index is 411. The van der Waals surface area contributed by atoms with Crippen LogP contribution in [0.15, 0.2) is 4.52 Å². The molecule has 2 saturated carbocycles. The molecule has 2 unspecified atom stereocenters. The van der Waals surface area contributed by atoms with Gasteiger partial charge in [-0.2, -0.15) is 4.98 Å². The van der Waals surface area contributed by atoms with Crippen LogP contribution < -0.4 is 0 Å². The van der Waals surface area contributed by atoms with Crippen molar-refractivity contribution in [2.24, 2.45) is 11.8 Å². The Labute approximate surface area is 93.2 Å². The fraction of sp³-hybridized carbons (Fsp3) is 0.727. The van der Waals surface area contributed by atoms with E-state index in [2.05, 4.69) is 10.1 Å². The van der Waals surface area contributed by atoms with Gasteiger partial charge in [-0.05, 0) is 43.2 Å². The summed E-state index contributed by atoms with van der Waals surface area (Å²) < 4.78 is 9.91. The lowest BCUT2D eigenvalue weighted by Gasteiger charge is -1.93. The van der Waals surface area contributed by atoms with Crippen LogP contribution in [0.4, 0.5) is 0 Å². The summed E-state index contributed by atoms with van der Waals surface area (Å²) in [4.78, 5) is 15.4. The number of hydrogen-bond acceptors (Lipinski definition) is 5. The third-order valence-corrected chi connectivity index (χ3v) is 3.28. The standard InChI is InChI=1S/C11H14N2O3/c1-2-15-11(14)9-12-10(16-13-9)8-5-7(8)6-3-4-6/h6-8H,2-5H2,1H3. The molecule has 2 aliphatic rings. The maximum Gasteiger partial charge on any atom is 0.379 e. The van der Waals surface area contributed by atoms with Crippen molar-refractivity contribution in [3.8, 4) is 0 Å². The van der Waals surface area contributed by atoms with Crippen molar-refractivity contribution < 1.29 is 14.1 Å². The molecule has 16 heavy (non-hydrogen) atoms. The molecule has 5 nitrogen and oxygen atoms in total. The van der Waals surface area contributed by atoms with Crippen molar-refractivity contribution >= 4 is 5.97 Å². The van der Waals surface area contributed by atoms with E-state index < -0.39 is 5.97 Å².